The lowest BCUT2D eigenvalue weighted by molar-refractivity contribution is -0.0773. The number of halogens is 1. The van der Waals surface area contributed by atoms with Gasteiger partial charge in [0.1, 0.15) is 0 Å². The molecule has 1 unspecified atom stereocenters. The second-order valence-electron chi connectivity index (χ2n) is 5.26. The highest BCUT2D eigenvalue weighted by molar-refractivity contribution is 9.09. The number of rotatable bonds is 4. The average Bonchev–Trinajstić information content (AvgIpc) is 2.27. The highest BCUT2D eigenvalue weighted by atomic mass is 79.9. The van der Waals surface area contributed by atoms with Gasteiger partial charge in [-0.25, -0.2) is 0 Å². The third kappa shape index (κ3) is 2.74. The highest BCUT2D eigenvalue weighted by Crippen LogP contribution is 2.44. The number of hydrogen-bond acceptors (Lipinski definition) is 1. The molecule has 1 aromatic carbocycles. The summed E-state index contributed by atoms with van der Waals surface area (Å²) in [5, 5.41) is 0. The Balaban J connectivity index is 2.08. The fourth-order valence-electron chi connectivity index (χ4n) is 2.47. The van der Waals surface area contributed by atoms with Crippen LogP contribution in [0.5, 0.6) is 0 Å². The summed E-state index contributed by atoms with van der Waals surface area (Å²) in [6.07, 6.45) is 4.79. The molecule has 2 rings (SSSR count). The Hall–Kier alpha value is -0.340. The third-order valence-electron chi connectivity index (χ3n) is 4.14. The van der Waals surface area contributed by atoms with Crippen LogP contribution in [-0.2, 0) is 4.74 Å². The first-order chi connectivity index (χ1) is 8.06. The molecule has 1 nitrogen and oxygen atoms in total. The molecule has 1 atom stereocenters. The number of benzene rings is 1. The van der Waals surface area contributed by atoms with E-state index < -0.39 is 0 Å². The standard InChI is InChI=1S/C15H21BrO/c1-11-5-6-13(9-12(11)2)14(16)10-15(17-3)7-4-8-15/h5-6,9,14H,4,7-8,10H2,1-3H3. The van der Waals surface area contributed by atoms with Gasteiger partial charge in [-0.05, 0) is 56.2 Å². The normalized spacial score (nSPS) is 19.8. The molecule has 1 aliphatic rings. The van der Waals surface area contributed by atoms with Gasteiger partial charge < -0.3 is 4.74 Å². The van der Waals surface area contributed by atoms with E-state index in [-0.39, 0.29) is 5.60 Å². The van der Waals surface area contributed by atoms with Crippen molar-refractivity contribution in [1.29, 1.82) is 0 Å². The van der Waals surface area contributed by atoms with Crippen molar-refractivity contribution in [2.75, 3.05) is 7.11 Å². The molecule has 94 valence electrons. The van der Waals surface area contributed by atoms with Crippen molar-refractivity contribution < 1.29 is 4.74 Å². The molecular weight excluding hydrogens is 276 g/mol. The first-order valence-electron chi connectivity index (χ1n) is 6.33. The topological polar surface area (TPSA) is 9.23 Å². The van der Waals surface area contributed by atoms with Crippen LogP contribution < -0.4 is 0 Å². The molecule has 1 aliphatic carbocycles. The molecule has 0 aliphatic heterocycles. The smallest absolute Gasteiger partial charge is 0.0692 e. The van der Waals surface area contributed by atoms with E-state index in [1.165, 1.54) is 36.0 Å². The molecule has 1 saturated carbocycles. The number of ether oxygens (including phenoxy) is 1. The van der Waals surface area contributed by atoms with E-state index in [4.69, 9.17) is 4.74 Å². The van der Waals surface area contributed by atoms with Gasteiger partial charge >= 0.3 is 0 Å². The van der Waals surface area contributed by atoms with Gasteiger partial charge in [-0.3, -0.25) is 0 Å². The van der Waals surface area contributed by atoms with Crippen molar-refractivity contribution in [2.24, 2.45) is 0 Å². The Morgan fingerprint density at radius 1 is 1.29 bits per heavy atom. The van der Waals surface area contributed by atoms with Crippen LogP contribution in [0.15, 0.2) is 18.2 Å². The van der Waals surface area contributed by atoms with Crippen molar-refractivity contribution in [1.82, 2.24) is 0 Å². The molecule has 1 aromatic rings. The summed E-state index contributed by atoms with van der Waals surface area (Å²) in [6, 6.07) is 6.72. The summed E-state index contributed by atoms with van der Waals surface area (Å²) in [6.45, 7) is 4.33. The van der Waals surface area contributed by atoms with Gasteiger partial charge in [-0.1, -0.05) is 34.1 Å². The molecule has 0 heterocycles. The van der Waals surface area contributed by atoms with Crippen LogP contribution in [-0.4, -0.2) is 12.7 Å². The molecule has 0 spiro atoms. The van der Waals surface area contributed by atoms with Crippen molar-refractivity contribution in [3.8, 4) is 0 Å². The van der Waals surface area contributed by atoms with Crippen molar-refractivity contribution in [3.05, 3.63) is 34.9 Å². The van der Waals surface area contributed by atoms with E-state index in [0.717, 1.165) is 6.42 Å². The molecule has 0 saturated heterocycles. The first-order valence-corrected chi connectivity index (χ1v) is 7.24. The molecular formula is C15H21BrO. The van der Waals surface area contributed by atoms with E-state index in [1.54, 1.807) is 0 Å². The SMILES string of the molecule is COC1(CC(Br)c2ccc(C)c(C)c2)CCC1. The molecule has 0 N–H and O–H groups in total. The maximum absolute atomic E-state index is 5.69. The fraction of sp³-hybridized carbons (Fsp3) is 0.600. The minimum Gasteiger partial charge on any atom is -0.378 e. The molecule has 2 heteroatoms. The van der Waals surface area contributed by atoms with Gasteiger partial charge in [0.2, 0.25) is 0 Å². The van der Waals surface area contributed by atoms with Gasteiger partial charge in [0, 0.05) is 11.9 Å². The van der Waals surface area contributed by atoms with Crippen LogP contribution in [0.1, 0.15) is 47.2 Å². The van der Waals surface area contributed by atoms with Crippen molar-refractivity contribution in [2.45, 2.75) is 50.0 Å². The third-order valence-corrected chi connectivity index (χ3v) is 4.99. The minimum absolute atomic E-state index is 0.132. The molecule has 0 radical (unpaired) electrons. The Kier molecular flexibility index (Phi) is 3.94. The van der Waals surface area contributed by atoms with Crippen LogP contribution in [0.3, 0.4) is 0 Å². The zero-order chi connectivity index (χ0) is 12.5. The Morgan fingerprint density at radius 2 is 2.00 bits per heavy atom. The zero-order valence-corrected chi connectivity index (χ0v) is 12.5. The monoisotopic (exact) mass is 296 g/mol. The van der Waals surface area contributed by atoms with E-state index in [9.17, 15) is 0 Å². The van der Waals surface area contributed by atoms with Crippen LogP contribution in [0.25, 0.3) is 0 Å². The average molecular weight is 297 g/mol. The van der Waals surface area contributed by atoms with E-state index >= 15 is 0 Å². The summed E-state index contributed by atoms with van der Waals surface area (Å²) in [5.74, 6) is 0. The minimum atomic E-state index is 0.132. The number of alkyl halides is 1. The Morgan fingerprint density at radius 3 is 2.47 bits per heavy atom. The van der Waals surface area contributed by atoms with Crippen LogP contribution in [0.2, 0.25) is 0 Å². The summed E-state index contributed by atoms with van der Waals surface area (Å²) in [7, 11) is 1.85. The predicted octanol–water partition coefficient (Wildman–Crippen LogP) is 4.70. The lowest BCUT2D eigenvalue weighted by atomic mass is 9.76. The molecule has 1 fully saturated rings. The van der Waals surface area contributed by atoms with Gasteiger partial charge in [-0.2, -0.15) is 0 Å². The Labute approximate surface area is 113 Å². The predicted molar refractivity (Wildman–Crippen MR) is 75.8 cm³/mol. The van der Waals surface area contributed by atoms with Crippen molar-refractivity contribution >= 4 is 15.9 Å². The van der Waals surface area contributed by atoms with Crippen LogP contribution >= 0.6 is 15.9 Å². The van der Waals surface area contributed by atoms with Gasteiger partial charge in [0.15, 0.2) is 0 Å². The maximum atomic E-state index is 5.69. The summed E-state index contributed by atoms with van der Waals surface area (Å²) < 4.78 is 5.69. The largest absolute Gasteiger partial charge is 0.378 e. The summed E-state index contributed by atoms with van der Waals surface area (Å²) >= 11 is 3.82. The van der Waals surface area contributed by atoms with Gasteiger partial charge in [0.25, 0.3) is 0 Å². The van der Waals surface area contributed by atoms with Crippen LogP contribution in [0.4, 0.5) is 0 Å². The van der Waals surface area contributed by atoms with E-state index in [1.807, 2.05) is 7.11 Å². The van der Waals surface area contributed by atoms with Gasteiger partial charge in [0.05, 0.1) is 5.60 Å². The van der Waals surface area contributed by atoms with E-state index in [0.29, 0.717) is 4.83 Å². The van der Waals surface area contributed by atoms with Crippen molar-refractivity contribution in [3.63, 3.8) is 0 Å². The highest BCUT2D eigenvalue weighted by Gasteiger charge is 2.38. The van der Waals surface area contributed by atoms with Crippen LogP contribution in [0, 0.1) is 13.8 Å². The maximum Gasteiger partial charge on any atom is 0.0692 e. The number of hydrogen-bond donors (Lipinski definition) is 0. The number of aryl methyl sites for hydroxylation is 2. The Bertz CT molecular complexity index is 390. The summed E-state index contributed by atoms with van der Waals surface area (Å²) in [5.41, 5.74) is 4.23. The summed E-state index contributed by atoms with van der Waals surface area (Å²) in [4.78, 5) is 0.405. The first kappa shape index (κ1) is 13.1. The zero-order valence-electron chi connectivity index (χ0n) is 10.9. The van der Waals surface area contributed by atoms with E-state index in [2.05, 4.69) is 48.0 Å². The lowest BCUT2D eigenvalue weighted by Gasteiger charge is -2.42. The second-order valence-corrected chi connectivity index (χ2v) is 6.36. The molecule has 0 bridgehead atoms. The quantitative estimate of drug-likeness (QED) is 0.732. The molecule has 17 heavy (non-hydrogen) atoms. The lowest BCUT2D eigenvalue weighted by Crippen LogP contribution is -2.39. The second kappa shape index (κ2) is 5.11. The molecule has 0 amide bonds. The molecule has 0 aromatic heterocycles. The van der Waals surface area contributed by atoms with Gasteiger partial charge in [-0.15, -0.1) is 0 Å². The fourth-order valence-corrected chi connectivity index (χ4v) is 3.34. The number of methoxy groups -OCH3 is 1.